The molecule has 0 aliphatic carbocycles. The van der Waals surface area contributed by atoms with Gasteiger partial charge in [-0.15, -0.1) is 0 Å². The van der Waals surface area contributed by atoms with E-state index in [9.17, 15) is 0 Å². The predicted octanol–water partition coefficient (Wildman–Crippen LogP) is 0.853. The summed E-state index contributed by atoms with van der Waals surface area (Å²) in [5, 5.41) is 0. The molecule has 0 spiro atoms. The molecule has 2 rings (SSSR count). The van der Waals surface area contributed by atoms with Crippen LogP contribution in [0.5, 0.6) is 0 Å². The van der Waals surface area contributed by atoms with Gasteiger partial charge in [-0.25, -0.2) is 0 Å². The first-order valence-electron chi connectivity index (χ1n) is 6.82. The number of nitrogens with two attached hydrogens (primary N) is 1. The molecule has 0 unspecified atom stereocenters. The Hall–Kier alpha value is -0.160. The van der Waals surface area contributed by atoms with E-state index < -0.39 is 0 Å². The second-order valence-corrected chi connectivity index (χ2v) is 5.43. The van der Waals surface area contributed by atoms with E-state index in [4.69, 9.17) is 15.2 Å². The number of hydrogen-bond donors (Lipinski definition) is 1. The van der Waals surface area contributed by atoms with E-state index in [1.54, 1.807) is 7.11 Å². The molecule has 2 heterocycles. The summed E-state index contributed by atoms with van der Waals surface area (Å²) in [6.07, 6.45) is 4.68. The molecule has 0 atom stereocenters. The number of nitrogens with zero attached hydrogens (tertiary/aromatic N) is 1. The van der Waals surface area contributed by atoms with Gasteiger partial charge in [0.25, 0.3) is 0 Å². The average molecular weight is 242 g/mol. The quantitative estimate of drug-likeness (QED) is 0.794. The number of piperidine rings is 1. The standard InChI is InChI=1S/C13H26N2O2/c1-16-10-12-2-6-15(7-3-12)13(11-14)4-8-17-9-5-13/h12H,2-11,14H2,1H3. The molecule has 2 aliphatic heterocycles. The van der Waals surface area contributed by atoms with Crippen LogP contribution in [0, 0.1) is 5.92 Å². The van der Waals surface area contributed by atoms with Gasteiger partial charge in [-0.05, 0) is 44.7 Å². The highest BCUT2D eigenvalue weighted by molar-refractivity contribution is 4.95. The molecule has 0 amide bonds. The van der Waals surface area contributed by atoms with Crippen molar-refractivity contribution in [1.29, 1.82) is 0 Å². The summed E-state index contributed by atoms with van der Waals surface area (Å²) in [7, 11) is 1.80. The largest absolute Gasteiger partial charge is 0.384 e. The van der Waals surface area contributed by atoms with Crippen molar-refractivity contribution < 1.29 is 9.47 Å². The molecule has 0 aromatic carbocycles. The van der Waals surface area contributed by atoms with E-state index in [-0.39, 0.29) is 5.54 Å². The van der Waals surface area contributed by atoms with Crippen molar-refractivity contribution in [3.05, 3.63) is 0 Å². The molecular formula is C13H26N2O2. The van der Waals surface area contributed by atoms with Crippen LogP contribution in [0.25, 0.3) is 0 Å². The molecule has 0 aromatic rings. The number of ether oxygens (including phenoxy) is 2. The lowest BCUT2D eigenvalue weighted by molar-refractivity contribution is -0.0416. The molecular weight excluding hydrogens is 216 g/mol. The van der Waals surface area contributed by atoms with E-state index in [1.165, 1.54) is 25.9 Å². The second-order valence-electron chi connectivity index (χ2n) is 5.43. The van der Waals surface area contributed by atoms with E-state index in [0.717, 1.165) is 45.1 Å². The van der Waals surface area contributed by atoms with Gasteiger partial charge < -0.3 is 15.2 Å². The lowest BCUT2D eigenvalue weighted by atomic mass is 9.85. The molecule has 17 heavy (non-hydrogen) atoms. The monoisotopic (exact) mass is 242 g/mol. The maximum absolute atomic E-state index is 6.04. The van der Waals surface area contributed by atoms with Crippen LogP contribution in [0.2, 0.25) is 0 Å². The Kier molecular flexibility index (Phi) is 4.79. The Bertz CT molecular complexity index is 221. The van der Waals surface area contributed by atoms with Crippen LogP contribution in [0.3, 0.4) is 0 Å². The molecule has 100 valence electrons. The third kappa shape index (κ3) is 2.99. The summed E-state index contributed by atoms with van der Waals surface area (Å²) >= 11 is 0. The van der Waals surface area contributed by atoms with Crippen molar-refractivity contribution in [2.24, 2.45) is 11.7 Å². The summed E-state index contributed by atoms with van der Waals surface area (Å²) in [4.78, 5) is 2.61. The molecule has 0 aromatic heterocycles. The third-order valence-electron chi connectivity index (χ3n) is 4.49. The van der Waals surface area contributed by atoms with Crippen LogP contribution in [0.15, 0.2) is 0 Å². The average Bonchev–Trinajstić information content (AvgIpc) is 2.41. The van der Waals surface area contributed by atoms with Gasteiger partial charge in [0.15, 0.2) is 0 Å². The molecule has 2 fully saturated rings. The molecule has 0 radical (unpaired) electrons. The molecule has 2 aliphatic rings. The minimum Gasteiger partial charge on any atom is -0.384 e. The molecule has 2 N–H and O–H groups in total. The normalized spacial score (nSPS) is 27.2. The summed E-state index contributed by atoms with van der Waals surface area (Å²) in [6, 6.07) is 0. The Balaban J connectivity index is 1.89. The van der Waals surface area contributed by atoms with Crippen LogP contribution in [-0.2, 0) is 9.47 Å². The first-order valence-corrected chi connectivity index (χ1v) is 6.82. The van der Waals surface area contributed by atoms with E-state index in [1.807, 2.05) is 0 Å². The summed E-state index contributed by atoms with van der Waals surface area (Å²) < 4.78 is 10.7. The highest BCUT2D eigenvalue weighted by Gasteiger charge is 2.38. The van der Waals surface area contributed by atoms with E-state index in [2.05, 4.69) is 4.90 Å². The number of rotatable bonds is 4. The van der Waals surface area contributed by atoms with Crippen LogP contribution < -0.4 is 5.73 Å². The zero-order valence-electron chi connectivity index (χ0n) is 11.0. The predicted molar refractivity (Wildman–Crippen MR) is 68.0 cm³/mol. The molecule has 4 nitrogen and oxygen atoms in total. The third-order valence-corrected chi connectivity index (χ3v) is 4.49. The maximum atomic E-state index is 6.04. The van der Waals surface area contributed by atoms with Crippen molar-refractivity contribution >= 4 is 0 Å². The van der Waals surface area contributed by atoms with Crippen LogP contribution >= 0.6 is 0 Å². The van der Waals surface area contributed by atoms with Crippen molar-refractivity contribution in [3.8, 4) is 0 Å². The van der Waals surface area contributed by atoms with Crippen LogP contribution in [0.1, 0.15) is 25.7 Å². The zero-order valence-corrected chi connectivity index (χ0v) is 11.0. The zero-order chi connectivity index (χ0) is 12.1. The van der Waals surface area contributed by atoms with Gasteiger partial charge in [0.2, 0.25) is 0 Å². The summed E-state index contributed by atoms with van der Waals surface area (Å²) in [6.45, 7) is 5.76. The molecule has 4 heteroatoms. The minimum atomic E-state index is 0.219. The Morgan fingerprint density at radius 1 is 1.29 bits per heavy atom. The Morgan fingerprint density at radius 2 is 1.94 bits per heavy atom. The fourth-order valence-electron chi connectivity index (χ4n) is 3.21. The smallest absolute Gasteiger partial charge is 0.0491 e. The first-order chi connectivity index (χ1) is 8.30. The summed E-state index contributed by atoms with van der Waals surface area (Å²) in [5.74, 6) is 0.742. The first kappa shape index (κ1) is 13.3. The maximum Gasteiger partial charge on any atom is 0.0491 e. The topological polar surface area (TPSA) is 47.7 Å². The number of likely N-dealkylation sites (tertiary alicyclic amines) is 1. The van der Waals surface area contributed by atoms with Gasteiger partial charge in [-0.1, -0.05) is 0 Å². The summed E-state index contributed by atoms with van der Waals surface area (Å²) in [5.41, 5.74) is 6.26. The van der Waals surface area contributed by atoms with Gasteiger partial charge in [0, 0.05) is 39.0 Å². The minimum absolute atomic E-state index is 0.219. The lowest BCUT2D eigenvalue weighted by Crippen LogP contribution is -2.59. The lowest BCUT2D eigenvalue weighted by Gasteiger charge is -2.48. The van der Waals surface area contributed by atoms with Crippen molar-refractivity contribution in [2.75, 3.05) is 46.6 Å². The number of hydrogen-bond acceptors (Lipinski definition) is 4. The van der Waals surface area contributed by atoms with Crippen LogP contribution in [-0.4, -0.2) is 57.0 Å². The second kappa shape index (κ2) is 6.14. The SMILES string of the molecule is COCC1CCN(C2(CN)CCOCC2)CC1. The van der Waals surface area contributed by atoms with Gasteiger partial charge in [0.05, 0.1) is 0 Å². The fraction of sp³-hybridized carbons (Fsp3) is 1.00. The van der Waals surface area contributed by atoms with Crippen LogP contribution in [0.4, 0.5) is 0 Å². The van der Waals surface area contributed by atoms with Gasteiger partial charge in [0.1, 0.15) is 0 Å². The molecule has 0 bridgehead atoms. The highest BCUT2D eigenvalue weighted by Crippen LogP contribution is 2.31. The Morgan fingerprint density at radius 3 is 2.47 bits per heavy atom. The van der Waals surface area contributed by atoms with Gasteiger partial charge >= 0.3 is 0 Å². The van der Waals surface area contributed by atoms with Crippen molar-refractivity contribution in [2.45, 2.75) is 31.2 Å². The van der Waals surface area contributed by atoms with E-state index in [0.29, 0.717) is 0 Å². The van der Waals surface area contributed by atoms with Gasteiger partial charge in [-0.3, -0.25) is 4.90 Å². The molecule has 0 saturated carbocycles. The molecule has 2 saturated heterocycles. The highest BCUT2D eigenvalue weighted by atomic mass is 16.5. The van der Waals surface area contributed by atoms with Crippen molar-refractivity contribution in [1.82, 2.24) is 4.90 Å². The van der Waals surface area contributed by atoms with E-state index >= 15 is 0 Å². The fourth-order valence-corrected chi connectivity index (χ4v) is 3.21. The number of methoxy groups -OCH3 is 1. The Labute approximate surface area is 104 Å². The van der Waals surface area contributed by atoms with Gasteiger partial charge in [-0.2, -0.15) is 0 Å². The van der Waals surface area contributed by atoms with Crippen molar-refractivity contribution in [3.63, 3.8) is 0 Å².